The zero-order valence-corrected chi connectivity index (χ0v) is 10.4. The lowest BCUT2D eigenvalue weighted by atomic mass is 10.1. The second kappa shape index (κ2) is 5.32. The number of halogens is 1. The molecule has 0 unspecified atom stereocenters. The first-order chi connectivity index (χ1) is 7.79. The summed E-state index contributed by atoms with van der Waals surface area (Å²) in [5.74, 6) is 1.55. The highest BCUT2D eigenvalue weighted by molar-refractivity contribution is 7.97. The van der Waals surface area contributed by atoms with Gasteiger partial charge in [0.25, 0.3) is 0 Å². The molecular formula is C12H11ClN2S. The van der Waals surface area contributed by atoms with Crippen LogP contribution in [0.4, 0.5) is 0 Å². The molecular weight excluding hydrogens is 240 g/mol. The summed E-state index contributed by atoms with van der Waals surface area (Å²) in [6, 6.07) is 11.8. The fourth-order valence-corrected chi connectivity index (χ4v) is 2.00. The minimum atomic E-state index is 0.498. The van der Waals surface area contributed by atoms with Gasteiger partial charge in [0.2, 0.25) is 0 Å². The van der Waals surface area contributed by atoms with Gasteiger partial charge >= 0.3 is 0 Å². The predicted octanol–water partition coefficient (Wildman–Crippen LogP) is 3.66. The second-order valence-corrected chi connectivity index (χ2v) is 4.54. The van der Waals surface area contributed by atoms with Gasteiger partial charge in [-0.3, -0.25) is 0 Å². The highest BCUT2D eigenvalue weighted by Crippen LogP contribution is 2.20. The maximum Gasteiger partial charge on any atom is 0.140 e. The lowest BCUT2D eigenvalue weighted by Gasteiger charge is -2.04. The van der Waals surface area contributed by atoms with Crippen molar-refractivity contribution >= 4 is 23.4 Å². The van der Waals surface area contributed by atoms with E-state index < -0.39 is 0 Å². The summed E-state index contributed by atoms with van der Waals surface area (Å²) >= 11 is 7.66. The van der Waals surface area contributed by atoms with Crippen molar-refractivity contribution in [1.82, 2.24) is 9.97 Å². The Morgan fingerprint density at radius 2 is 1.94 bits per heavy atom. The van der Waals surface area contributed by atoms with E-state index >= 15 is 0 Å². The fourth-order valence-electron chi connectivity index (χ4n) is 1.42. The van der Waals surface area contributed by atoms with Gasteiger partial charge in [0, 0.05) is 11.6 Å². The van der Waals surface area contributed by atoms with E-state index in [1.807, 2.05) is 36.6 Å². The Morgan fingerprint density at radius 1 is 1.19 bits per heavy atom. The molecule has 1 aromatic heterocycles. The number of hydrogen-bond donors (Lipinski definition) is 0. The molecule has 0 bridgehead atoms. The molecule has 0 amide bonds. The summed E-state index contributed by atoms with van der Waals surface area (Å²) in [5, 5.41) is 0.498. The van der Waals surface area contributed by atoms with Crippen LogP contribution in [-0.2, 0) is 5.75 Å². The van der Waals surface area contributed by atoms with Gasteiger partial charge in [0.1, 0.15) is 11.0 Å². The van der Waals surface area contributed by atoms with E-state index in [-0.39, 0.29) is 0 Å². The van der Waals surface area contributed by atoms with Crippen LogP contribution >= 0.6 is 23.4 Å². The van der Waals surface area contributed by atoms with Crippen LogP contribution in [0, 0.1) is 0 Å². The van der Waals surface area contributed by atoms with Crippen LogP contribution in [-0.4, -0.2) is 16.2 Å². The molecule has 0 fully saturated rings. The molecule has 2 nitrogen and oxygen atoms in total. The standard InChI is InChI=1S/C12H11ClN2S/c1-16-8-12-14-10(7-11(13)15-12)9-5-3-2-4-6-9/h2-7H,8H2,1H3. The summed E-state index contributed by atoms with van der Waals surface area (Å²) in [5.41, 5.74) is 1.94. The van der Waals surface area contributed by atoms with Crippen molar-refractivity contribution < 1.29 is 0 Å². The maximum absolute atomic E-state index is 5.98. The van der Waals surface area contributed by atoms with Gasteiger partial charge in [0.05, 0.1) is 11.4 Å². The van der Waals surface area contributed by atoms with E-state index in [1.54, 1.807) is 17.8 Å². The highest BCUT2D eigenvalue weighted by atomic mass is 35.5. The van der Waals surface area contributed by atoms with Crippen molar-refractivity contribution in [3.8, 4) is 11.3 Å². The van der Waals surface area contributed by atoms with E-state index in [0.717, 1.165) is 22.8 Å². The molecule has 0 aliphatic heterocycles. The van der Waals surface area contributed by atoms with Crippen molar-refractivity contribution in [1.29, 1.82) is 0 Å². The summed E-state index contributed by atoms with van der Waals surface area (Å²) in [6.45, 7) is 0. The summed E-state index contributed by atoms with van der Waals surface area (Å²) in [7, 11) is 0. The first kappa shape index (κ1) is 11.4. The summed E-state index contributed by atoms with van der Waals surface area (Å²) < 4.78 is 0. The lowest BCUT2D eigenvalue weighted by molar-refractivity contribution is 1.04. The lowest BCUT2D eigenvalue weighted by Crippen LogP contribution is -1.95. The molecule has 0 aliphatic rings. The molecule has 2 aromatic rings. The van der Waals surface area contributed by atoms with Crippen LogP contribution < -0.4 is 0 Å². The van der Waals surface area contributed by atoms with Crippen LogP contribution in [0.15, 0.2) is 36.4 Å². The molecule has 0 aliphatic carbocycles. The zero-order valence-electron chi connectivity index (χ0n) is 8.85. The van der Waals surface area contributed by atoms with Crippen LogP contribution in [0.5, 0.6) is 0 Å². The third-order valence-corrected chi connectivity index (χ3v) is 2.82. The Kier molecular flexibility index (Phi) is 3.80. The Hall–Kier alpha value is -1.06. The normalized spacial score (nSPS) is 10.4. The van der Waals surface area contributed by atoms with E-state index in [1.165, 1.54) is 0 Å². The van der Waals surface area contributed by atoms with E-state index in [9.17, 15) is 0 Å². The van der Waals surface area contributed by atoms with Crippen LogP contribution in [0.2, 0.25) is 5.15 Å². The second-order valence-electron chi connectivity index (χ2n) is 3.29. The number of thioether (sulfide) groups is 1. The molecule has 0 spiro atoms. The van der Waals surface area contributed by atoms with E-state index in [0.29, 0.717) is 5.15 Å². The fraction of sp³-hybridized carbons (Fsp3) is 0.167. The van der Waals surface area contributed by atoms with Gasteiger partial charge in [-0.2, -0.15) is 11.8 Å². The van der Waals surface area contributed by atoms with Crippen LogP contribution in [0.1, 0.15) is 5.82 Å². The highest BCUT2D eigenvalue weighted by Gasteiger charge is 2.04. The van der Waals surface area contributed by atoms with Gasteiger partial charge in [-0.15, -0.1) is 0 Å². The van der Waals surface area contributed by atoms with E-state index in [2.05, 4.69) is 9.97 Å². The molecule has 0 atom stereocenters. The van der Waals surface area contributed by atoms with Crippen molar-refractivity contribution in [2.75, 3.05) is 6.26 Å². The SMILES string of the molecule is CSCc1nc(Cl)cc(-c2ccccc2)n1. The van der Waals surface area contributed by atoms with Crippen LogP contribution in [0.25, 0.3) is 11.3 Å². The Labute approximate surface area is 104 Å². The largest absolute Gasteiger partial charge is 0.232 e. The molecule has 82 valence electrons. The molecule has 0 radical (unpaired) electrons. The Balaban J connectivity index is 2.41. The molecule has 0 saturated heterocycles. The van der Waals surface area contributed by atoms with Gasteiger partial charge in [-0.1, -0.05) is 41.9 Å². The average molecular weight is 251 g/mol. The van der Waals surface area contributed by atoms with Crippen molar-refractivity contribution in [2.24, 2.45) is 0 Å². The molecule has 1 aromatic carbocycles. The number of rotatable bonds is 3. The maximum atomic E-state index is 5.98. The zero-order chi connectivity index (χ0) is 11.4. The molecule has 4 heteroatoms. The van der Waals surface area contributed by atoms with Crippen molar-refractivity contribution in [3.63, 3.8) is 0 Å². The first-order valence-corrected chi connectivity index (χ1v) is 6.64. The minimum absolute atomic E-state index is 0.498. The number of aromatic nitrogens is 2. The Bertz CT molecular complexity index is 474. The minimum Gasteiger partial charge on any atom is -0.232 e. The van der Waals surface area contributed by atoms with Gasteiger partial charge in [-0.25, -0.2) is 9.97 Å². The van der Waals surface area contributed by atoms with E-state index in [4.69, 9.17) is 11.6 Å². The summed E-state index contributed by atoms with van der Waals surface area (Å²) in [4.78, 5) is 8.66. The molecule has 2 rings (SSSR count). The van der Waals surface area contributed by atoms with Crippen LogP contribution in [0.3, 0.4) is 0 Å². The Morgan fingerprint density at radius 3 is 2.62 bits per heavy atom. The van der Waals surface area contributed by atoms with Crippen molar-refractivity contribution in [3.05, 3.63) is 47.4 Å². The number of nitrogens with zero attached hydrogens (tertiary/aromatic N) is 2. The number of hydrogen-bond acceptors (Lipinski definition) is 3. The summed E-state index contributed by atoms with van der Waals surface area (Å²) in [6.07, 6.45) is 2.02. The van der Waals surface area contributed by atoms with Gasteiger partial charge in [-0.05, 0) is 6.26 Å². The molecule has 0 N–H and O–H groups in total. The molecule has 1 heterocycles. The van der Waals surface area contributed by atoms with Crippen molar-refractivity contribution in [2.45, 2.75) is 5.75 Å². The predicted molar refractivity (Wildman–Crippen MR) is 69.7 cm³/mol. The first-order valence-electron chi connectivity index (χ1n) is 4.87. The molecule has 0 saturated carbocycles. The van der Waals surface area contributed by atoms with Gasteiger partial charge < -0.3 is 0 Å². The average Bonchev–Trinajstić information content (AvgIpc) is 2.30. The molecule has 16 heavy (non-hydrogen) atoms. The topological polar surface area (TPSA) is 25.8 Å². The smallest absolute Gasteiger partial charge is 0.140 e. The third-order valence-electron chi connectivity index (χ3n) is 2.08. The van der Waals surface area contributed by atoms with Gasteiger partial charge in [0.15, 0.2) is 0 Å². The number of benzene rings is 1. The third kappa shape index (κ3) is 2.74. The monoisotopic (exact) mass is 250 g/mol. The quantitative estimate of drug-likeness (QED) is 0.778.